The maximum Gasteiger partial charge on any atom is 0.335 e. The molecule has 0 spiro atoms. The van der Waals surface area contributed by atoms with Gasteiger partial charge >= 0.3 is 12.0 Å². The number of carbonyl (C=O) groups is 2. The molecule has 20 heavy (non-hydrogen) atoms. The molecule has 0 aromatic heterocycles. The SMILES string of the molecule is CC(CS(C)=O)NC(=O)Nc1ccc(C(=O)O)cc1O. The lowest BCUT2D eigenvalue weighted by Gasteiger charge is -2.14. The van der Waals surface area contributed by atoms with E-state index in [1.807, 2.05) is 0 Å². The summed E-state index contributed by atoms with van der Waals surface area (Å²) in [5, 5.41) is 23.3. The Labute approximate surface area is 118 Å². The van der Waals surface area contributed by atoms with Crippen molar-refractivity contribution < 1.29 is 24.0 Å². The fourth-order valence-corrected chi connectivity index (χ4v) is 2.33. The zero-order valence-corrected chi connectivity index (χ0v) is 11.9. The van der Waals surface area contributed by atoms with Crippen LogP contribution in [-0.2, 0) is 10.8 Å². The first-order valence-corrected chi connectivity index (χ1v) is 7.46. The second kappa shape index (κ2) is 6.90. The molecule has 2 amide bonds. The number of hydrogen-bond acceptors (Lipinski definition) is 4. The predicted molar refractivity (Wildman–Crippen MR) is 75.6 cm³/mol. The van der Waals surface area contributed by atoms with Gasteiger partial charge in [0, 0.05) is 28.9 Å². The first kappa shape index (κ1) is 16.0. The molecule has 0 saturated heterocycles. The minimum absolute atomic E-state index is 0.0804. The van der Waals surface area contributed by atoms with Gasteiger partial charge in [0.25, 0.3) is 0 Å². The van der Waals surface area contributed by atoms with Gasteiger partial charge in [0.2, 0.25) is 0 Å². The van der Waals surface area contributed by atoms with Gasteiger partial charge in [0.15, 0.2) is 0 Å². The number of phenolic OH excluding ortho intramolecular Hbond substituents is 1. The fourth-order valence-electron chi connectivity index (χ4n) is 1.55. The Bertz CT molecular complexity index is 547. The van der Waals surface area contributed by atoms with Crippen LogP contribution in [-0.4, -0.2) is 44.5 Å². The largest absolute Gasteiger partial charge is 0.506 e. The zero-order valence-electron chi connectivity index (χ0n) is 11.0. The van der Waals surface area contributed by atoms with Gasteiger partial charge in [-0.1, -0.05) is 0 Å². The highest BCUT2D eigenvalue weighted by Gasteiger charge is 2.12. The summed E-state index contributed by atoms with van der Waals surface area (Å²) in [6.07, 6.45) is 1.53. The molecule has 4 N–H and O–H groups in total. The number of carboxylic acid groups (broad SMARTS) is 1. The van der Waals surface area contributed by atoms with E-state index >= 15 is 0 Å². The van der Waals surface area contributed by atoms with E-state index in [1.165, 1.54) is 18.4 Å². The minimum Gasteiger partial charge on any atom is -0.506 e. The number of phenols is 1. The Hall–Kier alpha value is -2.09. The van der Waals surface area contributed by atoms with Crippen LogP contribution in [0.4, 0.5) is 10.5 Å². The van der Waals surface area contributed by atoms with E-state index in [1.54, 1.807) is 6.92 Å². The number of rotatable bonds is 5. The first-order valence-electron chi connectivity index (χ1n) is 5.73. The topological polar surface area (TPSA) is 116 Å². The van der Waals surface area contributed by atoms with E-state index in [-0.39, 0.29) is 23.0 Å². The highest BCUT2D eigenvalue weighted by molar-refractivity contribution is 7.84. The van der Waals surface area contributed by atoms with Gasteiger partial charge in [-0.15, -0.1) is 0 Å². The quantitative estimate of drug-likeness (QED) is 0.605. The number of anilines is 1. The van der Waals surface area contributed by atoms with Crippen molar-refractivity contribution in [3.05, 3.63) is 23.8 Å². The van der Waals surface area contributed by atoms with E-state index in [4.69, 9.17) is 5.11 Å². The summed E-state index contributed by atoms with van der Waals surface area (Å²) in [5.41, 5.74) is 0.0144. The highest BCUT2D eigenvalue weighted by atomic mass is 32.2. The van der Waals surface area contributed by atoms with Crippen LogP contribution in [0.1, 0.15) is 17.3 Å². The number of aromatic hydroxyl groups is 1. The van der Waals surface area contributed by atoms with Crippen molar-refractivity contribution in [2.45, 2.75) is 13.0 Å². The summed E-state index contributed by atoms with van der Waals surface area (Å²) in [6.45, 7) is 1.70. The summed E-state index contributed by atoms with van der Waals surface area (Å²) in [4.78, 5) is 22.3. The average Bonchev–Trinajstić information content (AvgIpc) is 2.30. The molecule has 0 bridgehead atoms. The van der Waals surface area contributed by atoms with Gasteiger partial charge < -0.3 is 20.8 Å². The van der Waals surface area contributed by atoms with Gasteiger partial charge in [-0.2, -0.15) is 0 Å². The first-order chi connectivity index (χ1) is 9.29. The number of amides is 2. The van der Waals surface area contributed by atoms with Crippen LogP contribution < -0.4 is 10.6 Å². The second-order valence-electron chi connectivity index (χ2n) is 4.28. The summed E-state index contributed by atoms with van der Waals surface area (Å²) < 4.78 is 11.0. The van der Waals surface area contributed by atoms with Crippen molar-refractivity contribution in [2.75, 3.05) is 17.3 Å². The van der Waals surface area contributed by atoms with Crippen molar-refractivity contribution in [3.63, 3.8) is 0 Å². The molecule has 1 aromatic carbocycles. The van der Waals surface area contributed by atoms with E-state index in [0.29, 0.717) is 5.75 Å². The standard InChI is InChI=1S/C12H16N2O5S/c1-7(6-20(2)19)13-12(18)14-9-4-3-8(11(16)17)5-10(9)15/h3-5,7,15H,6H2,1-2H3,(H,16,17)(H2,13,14,18). The van der Waals surface area contributed by atoms with Gasteiger partial charge in [0.1, 0.15) is 5.75 Å². The lowest BCUT2D eigenvalue weighted by Crippen LogP contribution is -2.39. The number of benzene rings is 1. The van der Waals surface area contributed by atoms with Crippen molar-refractivity contribution in [1.82, 2.24) is 5.32 Å². The molecule has 2 unspecified atom stereocenters. The summed E-state index contributed by atoms with van der Waals surface area (Å²) in [6, 6.07) is 2.74. The Morgan fingerprint density at radius 2 is 2.05 bits per heavy atom. The van der Waals surface area contributed by atoms with Crippen LogP contribution in [0.25, 0.3) is 0 Å². The molecule has 0 radical (unpaired) electrons. The van der Waals surface area contributed by atoms with Crippen LogP contribution in [0.5, 0.6) is 5.75 Å². The molecule has 7 nitrogen and oxygen atoms in total. The highest BCUT2D eigenvalue weighted by Crippen LogP contribution is 2.24. The van der Waals surface area contributed by atoms with Crippen molar-refractivity contribution in [1.29, 1.82) is 0 Å². The molecule has 0 aliphatic rings. The minimum atomic E-state index is -1.17. The molecular formula is C12H16N2O5S. The van der Waals surface area contributed by atoms with Gasteiger partial charge in [-0.25, -0.2) is 9.59 Å². The lowest BCUT2D eigenvalue weighted by molar-refractivity contribution is 0.0696. The summed E-state index contributed by atoms with van der Waals surface area (Å²) in [5.74, 6) is -1.20. The van der Waals surface area contributed by atoms with Crippen LogP contribution in [0.2, 0.25) is 0 Å². The van der Waals surface area contributed by atoms with Crippen LogP contribution >= 0.6 is 0 Å². The molecule has 110 valence electrons. The lowest BCUT2D eigenvalue weighted by atomic mass is 10.2. The monoisotopic (exact) mass is 300 g/mol. The number of aromatic carboxylic acids is 1. The molecule has 8 heteroatoms. The molecule has 1 aromatic rings. The molecule has 2 atom stereocenters. The van der Waals surface area contributed by atoms with Crippen molar-refractivity contribution in [3.8, 4) is 5.75 Å². The fraction of sp³-hybridized carbons (Fsp3) is 0.333. The van der Waals surface area contributed by atoms with Gasteiger partial charge in [0.05, 0.1) is 11.3 Å². The normalized spacial score (nSPS) is 13.3. The van der Waals surface area contributed by atoms with Gasteiger partial charge in [-0.3, -0.25) is 4.21 Å². The number of carboxylic acids is 1. The molecule has 0 aliphatic carbocycles. The third-order valence-corrected chi connectivity index (χ3v) is 3.32. The molecule has 0 aliphatic heterocycles. The van der Waals surface area contributed by atoms with Crippen molar-refractivity contribution >= 4 is 28.5 Å². The summed E-state index contributed by atoms with van der Waals surface area (Å²) in [7, 11) is -1.03. The number of carbonyl (C=O) groups excluding carboxylic acids is 1. The van der Waals surface area contributed by atoms with E-state index in [2.05, 4.69) is 10.6 Å². The third kappa shape index (κ3) is 4.88. The number of urea groups is 1. The number of nitrogens with one attached hydrogen (secondary N) is 2. The van der Waals surface area contributed by atoms with E-state index in [9.17, 15) is 18.9 Å². The Morgan fingerprint density at radius 3 is 2.55 bits per heavy atom. The zero-order chi connectivity index (χ0) is 15.3. The van der Waals surface area contributed by atoms with Crippen LogP contribution in [0.15, 0.2) is 18.2 Å². The third-order valence-electron chi connectivity index (χ3n) is 2.36. The van der Waals surface area contributed by atoms with Crippen molar-refractivity contribution in [2.24, 2.45) is 0 Å². The molecule has 1 rings (SSSR count). The van der Waals surface area contributed by atoms with Crippen LogP contribution in [0.3, 0.4) is 0 Å². The van der Waals surface area contributed by atoms with Gasteiger partial charge in [-0.05, 0) is 25.1 Å². The molecule has 0 saturated carbocycles. The number of hydrogen-bond donors (Lipinski definition) is 4. The van der Waals surface area contributed by atoms with Crippen LogP contribution in [0, 0.1) is 0 Å². The molecule has 0 fully saturated rings. The average molecular weight is 300 g/mol. The maximum absolute atomic E-state index is 11.6. The maximum atomic E-state index is 11.6. The molecule has 0 heterocycles. The van der Waals surface area contributed by atoms with E-state index < -0.39 is 22.8 Å². The van der Waals surface area contributed by atoms with E-state index in [0.717, 1.165) is 6.07 Å². The molecular weight excluding hydrogens is 284 g/mol. The summed E-state index contributed by atoms with van der Waals surface area (Å²) >= 11 is 0. The Kier molecular flexibility index (Phi) is 5.51. The smallest absolute Gasteiger partial charge is 0.335 e. The Morgan fingerprint density at radius 1 is 1.40 bits per heavy atom. The second-order valence-corrected chi connectivity index (χ2v) is 5.76. The predicted octanol–water partition coefficient (Wildman–Crippen LogP) is 0.979. The Balaban J connectivity index is 2.67.